The number of amides is 1. The van der Waals surface area contributed by atoms with Crippen LogP contribution in [0.15, 0.2) is 78.9 Å². The van der Waals surface area contributed by atoms with Gasteiger partial charge in [-0.3, -0.25) is 30.3 Å². The lowest BCUT2D eigenvalue weighted by molar-refractivity contribution is -0.394. The van der Waals surface area contributed by atoms with E-state index in [2.05, 4.69) is 10.3 Å². The number of carbonyl (C=O) groups excluding carboxylic acids is 1. The van der Waals surface area contributed by atoms with E-state index in [9.17, 15) is 25.0 Å². The van der Waals surface area contributed by atoms with Crippen LogP contribution < -0.4 is 5.32 Å². The molecule has 9 nitrogen and oxygen atoms in total. The van der Waals surface area contributed by atoms with Crippen molar-refractivity contribution in [2.24, 2.45) is 0 Å². The lowest BCUT2D eigenvalue weighted by Gasteiger charge is -2.02. The molecule has 10 heteroatoms. The molecule has 0 spiro atoms. The van der Waals surface area contributed by atoms with Crippen molar-refractivity contribution in [2.45, 2.75) is 0 Å². The zero-order valence-corrected chi connectivity index (χ0v) is 17.1. The summed E-state index contributed by atoms with van der Waals surface area (Å²) in [5.41, 5.74) is 1.15. The van der Waals surface area contributed by atoms with Gasteiger partial charge in [0.2, 0.25) is 0 Å². The molecule has 1 heterocycles. The van der Waals surface area contributed by atoms with Crippen LogP contribution >= 0.6 is 11.3 Å². The molecule has 0 saturated heterocycles. The Balaban J connectivity index is 1.73. The molecule has 0 unspecified atom stereocenters. The molecule has 0 aliphatic carbocycles. The van der Waals surface area contributed by atoms with Crippen LogP contribution in [-0.2, 0) is 0 Å². The maximum Gasteiger partial charge on any atom is 0.277 e. The number of hydrogen-bond acceptors (Lipinski definition) is 7. The van der Waals surface area contributed by atoms with Crippen molar-refractivity contribution < 1.29 is 14.6 Å². The molecule has 32 heavy (non-hydrogen) atoms. The van der Waals surface area contributed by atoms with E-state index in [1.165, 1.54) is 11.3 Å². The van der Waals surface area contributed by atoms with Crippen molar-refractivity contribution in [3.05, 3.63) is 105 Å². The molecule has 4 aromatic rings. The molecule has 4 rings (SSSR count). The average Bonchev–Trinajstić information content (AvgIpc) is 3.23. The highest BCUT2D eigenvalue weighted by Crippen LogP contribution is 2.39. The van der Waals surface area contributed by atoms with Gasteiger partial charge in [0.25, 0.3) is 17.3 Å². The first-order valence-corrected chi connectivity index (χ1v) is 10.1. The summed E-state index contributed by atoms with van der Waals surface area (Å²) in [5.74, 6) is -0.732. The number of aromatic nitrogens is 1. The second kappa shape index (κ2) is 8.74. The maximum atomic E-state index is 12.8. The molecule has 0 atom stereocenters. The van der Waals surface area contributed by atoms with Gasteiger partial charge in [0.15, 0.2) is 5.13 Å². The van der Waals surface area contributed by atoms with E-state index < -0.39 is 27.1 Å². The number of nitro groups is 2. The fourth-order valence-electron chi connectivity index (χ4n) is 3.06. The first-order chi connectivity index (χ1) is 15.4. The molecule has 3 aromatic carbocycles. The van der Waals surface area contributed by atoms with Gasteiger partial charge >= 0.3 is 0 Å². The van der Waals surface area contributed by atoms with Crippen LogP contribution in [-0.4, -0.2) is 20.7 Å². The fourth-order valence-corrected chi connectivity index (χ4v) is 4.04. The number of rotatable bonds is 6. The zero-order valence-electron chi connectivity index (χ0n) is 16.3. The van der Waals surface area contributed by atoms with Gasteiger partial charge in [-0.05, 0) is 5.56 Å². The highest BCUT2D eigenvalue weighted by Gasteiger charge is 2.22. The Morgan fingerprint density at radius 2 is 1.34 bits per heavy atom. The minimum Gasteiger partial charge on any atom is -0.298 e. The van der Waals surface area contributed by atoms with Gasteiger partial charge in [-0.1, -0.05) is 72.0 Å². The molecule has 0 bridgehead atoms. The first-order valence-electron chi connectivity index (χ1n) is 9.29. The summed E-state index contributed by atoms with van der Waals surface area (Å²) < 4.78 is 0. The second-order valence-corrected chi connectivity index (χ2v) is 7.63. The summed E-state index contributed by atoms with van der Waals surface area (Å²) in [6.07, 6.45) is 0. The van der Waals surface area contributed by atoms with E-state index in [0.717, 1.165) is 34.2 Å². The van der Waals surface area contributed by atoms with E-state index in [1.54, 1.807) is 0 Å². The third-order valence-corrected chi connectivity index (χ3v) is 5.54. The Morgan fingerprint density at radius 3 is 1.88 bits per heavy atom. The first kappa shape index (κ1) is 20.8. The van der Waals surface area contributed by atoms with E-state index in [0.29, 0.717) is 5.69 Å². The number of hydrogen-bond donors (Lipinski definition) is 1. The quantitative estimate of drug-likeness (QED) is 0.306. The van der Waals surface area contributed by atoms with Crippen molar-refractivity contribution >= 4 is 33.8 Å². The predicted molar refractivity (Wildman–Crippen MR) is 121 cm³/mol. The smallest absolute Gasteiger partial charge is 0.277 e. The summed E-state index contributed by atoms with van der Waals surface area (Å²) in [7, 11) is 0. The molecule has 0 aliphatic heterocycles. The Labute approximate surface area is 185 Å². The van der Waals surface area contributed by atoms with Crippen molar-refractivity contribution in [2.75, 3.05) is 5.32 Å². The van der Waals surface area contributed by atoms with Crippen LogP contribution in [0.25, 0.3) is 21.7 Å². The molecule has 158 valence electrons. The lowest BCUT2D eigenvalue weighted by Crippen LogP contribution is -2.12. The highest BCUT2D eigenvalue weighted by atomic mass is 32.1. The summed E-state index contributed by atoms with van der Waals surface area (Å²) >= 11 is 1.24. The van der Waals surface area contributed by atoms with Crippen LogP contribution in [0, 0.1) is 20.2 Å². The highest BCUT2D eigenvalue weighted by molar-refractivity contribution is 7.19. The normalized spacial score (nSPS) is 10.5. The number of nitro benzene ring substituents is 2. The van der Waals surface area contributed by atoms with Crippen LogP contribution in [0.1, 0.15) is 10.4 Å². The molecular formula is C22H14N4O5S. The molecule has 0 radical (unpaired) electrons. The van der Waals surface area contributed by atoms with Gasteiger partial charge in [0.1, 0.15) is 0 Å². The Kier molecular flexibility index (Phi) is 5.69. The van der Waals surface area contributed by atoms with Gasteiger partial charge in [-0.2, -0.15) is 0 Å². The molecule has 1 N–H and O–H groups in total. The van der Waals surface area contributed by atoms with Gasteiger partial charge in [-0.15, -0.1) is 0 Å². The molecule has 1 amide bonds. The number of nitrogens with zero attached hydrogens (tertiary/aromatic N) is 3. The van der Waals surface area contributed by atoms with Gasteiger partial charge in [0, 0.05) is 17.7 Å². The number of non-ortho nitro benzene ring substituents is 2. The van der Waals surface area contributed by atoms with Crippen molar-refractivity contribution in [3.63, 3.8) is 0 Å². The molecule has 0 fully saturated rings. The van der Waals surface area contributed by atoms with Crippen molar-refractivity contribution in [1.82, 2.24) is 4.98 Å². The van der Waals surface area contributed by atoms with Crippen LogP contribution in [0.5, 0.6) is 0 Å². The zero-order chi connectivity index (χ0) is 22.7. The fraction of sp³-hybridized carbons (Fsp3) is 0. The van der Waals surface area contributed by atoms with Gasteiger partial charge in [-0.25, -0.2) is 4.98 Å². The third-order valence-electron chi connectivity index (χ3n) is 4.52. The minimum atomic E-state index is -0.784. The summed E-state index contributed by atoms with van der Waals surface area (Å²) in [4.78, 5) is 38.8. The van der Waals surface area contributed by atoms with Crippen LogP contribution in [0.3, 0.4) is 0 Å². The summed E-state index contributed by atoms with van der Waals surface area (Å²) in [6, 6.07) is 21.8. The third kappa shape index (κ3) is 4.35. The monoisotopic (exact) mass is 446 g/mol. The van der Waals surface area contributed by atoms with Crippen LogP contribution in [0.4, 0.5) is 16.5 Å². The SMILES string of the molecule is O=C(Nc1nc(-c2ccccc2)c(-c2ccccc2)s1)c1cc([N+](=O)[O-])cc([N+](=O)[O-])c1. The van der Waals surface area contributed by atoms with Gasteiger partial charge < -0.3 is 0 Å². The van der Waals surface area contributed by atoms with E-state index in [4.69, 9.17) is 0 Å². The standard InChI is InChI=1S/C22H14N4O5S/c27-21(16-11-17(25(28)29)13-18(12-16)26(30)31)24-22-23-19(14-7-3-1-4-8-14)20(32-22)15-9-5-2-6-10-15/h1-13H,(H,23,24,27). The topological polar surface area (TPSA) is 128 Å². The Morgan fingerprint density at radius 1 is 0.812 bits per heavy atom. The summed E-state index contributed by atoms with van der Waals surface area (Å²) in [6.45, 7) is 0. The number of anilines is 1. The number of carbonyl (C=O) groups is 1. The van der Waals surface area contributed by atoms with E-state index in [1.807, 2.05) is 60.7 Å². The largest absolute Gasteiger partial charge is 0.298 e. The number of nitrogens with one attached hydrogen (secondary N) is 1. The maximum absolute atomic E-state index is 12.8. The molecule has 0 aliphatic rings. The number of thiazole rings is 1. The molecular weight excluding hydrogens is 432 g/mol. The van der Waals surface area contributed by atoms with Gasteiger partial charge in [0.05, 0.1) is 32.0 Å². The molecule has 1 aromatic heterocycles. The van der Waals surface area contributed by atoms with Crippen LogP contribution in [0.2, 0.25) is 0 Å². The lowest BCUT2D eigenvalue weighted by atomic mass is 10.1. The van der Waals surface area contributed by atoms with E-state index in [-0.39, 0.29) is 10.7 Å². The predicted octanol–water partition coefficient (Wildman–Crippen LogP) is 5.55. The van der Waals surface area contributed by atoms with E-state index >= 15 is 0 Å². The van der Waals surface area contributed by atoms with Crippen molar-refractivity contribution in [1.29, 1.82) is 0 Å². The molecule has 0 saturated carbocycles. The Bertz CT molecular complexity index is 1230. The minimum absolute atomic E-state index is 0.205. The second-order valence-electron chi connectivity index (χ2n) is 6.64. The summed E-state index contributed by atoms with van der Waals surface area (Å²) in [5, 5.41) is 25.1. The average molecular weight is 446 g/mol. The number of benzene rings is 3. The van der Waals surface area contributed by atoms with Crippen molar-refractivity contribution in [3.8, 4) is 21.7 Å². The Hall–Kier alpha value is -4.44.